The molecular weight excluding hydrogens is 352 g/mol. The second-order valence-corrected chi connectivity index (χ2v) is 9.07. The molecule has 2 saturated heterocycles. The van der Waals surface area contributed by atoms with E-state index in [-0.39, 0.29) is 16.6 Å². The van der Waals surface area contributed by atoms with Crippen molar-refractivity contribution in [1.82, 2.24) is 9.21 Å². The smallest absolute Gasteiger partial charge is 0.289 e. The molecule has 140 valence electrons. The zero-order chi connectivity index (χ0) is 18.1. The second-order valence-electron chi connectivity index (χ2n) is 7.13. The van der Waals surface area contributed by atoms with Crippen LogP contribution in [0.4, 0.5) is 0 Å². The minimum atomic E-state index is -3.51. The fraction of sp³-hybridized carbons (Fsp3) is 0.526. The van der Waals surface area contributed by atoms with Crippen LogP contribution in [0.3, 0.4) is 0 Å². The van der Waals surface area contributed by atoms with Crippen molar-refractivity contribution in [3.8, 4) is 0 Å². The quantitative estimate of drug-likeness (QED) is 0.825. The maximum absolute atomic E-state index is 13.0. The number of carbonyl (C=O) groups is 1. The molecule has 0 radical (unpaired) electrons. The molecule has 0 aliphatic carbocycles. The normalized spacial score (nSPS) is 19.8. The summed E-state index contributed by atoms with van der Waals surface area (Å²) in [5.41, 5.74) is 0.544. The first-order valence-electron chi connectivity index (χ1n) is 9.39. The number of likely N-dealkylation sites (tertiary alicyclic amines) is 1. The molecule has 1 aromatic heterocycles. The average Bonchev–Trinajstić information content (AvgIpc) is 3.23. The monoisotopic (exact) mass is 376 g/mol. The van der Waals surface area contributed by atoms with Gasteiger partial charge in [0.2, 0.25) is 10.0 Å². The van der Waals surface area contributed by atoms with Crippen molar-refractivity contribution in [1.29, 1.82) is 0 Å². The summed E-state index contributed by atoms with van der Waals surface area (Å²) in [6, 6.07) is 6.52. The van der Waals surface area contributed by atoms with Crippen LogP contribution in [0.2, 0.25) is 0 Å². The van der Waals surface area contributed by atoms with Gasteiger partial charge in [-0.05, 0) is 49.9 Å². The van der Waals surface area contributed by atoms with Gasteiger partial charge in [-0.25, -0.2) is 8.42 Å². The van der Waals surface area contributed by atoms with Crippen LogP contribution < -0.4 is 0 Å². The SMILES string of the molecule is O=C(c1cc2cc(S(=O)(=O)N3CCCCCC3)ccc2o1)N1CCCC1. The van der Waals surface area contributed by atoms with E-state index >= 15 is 0 Å². The number of carbonyl (C=O) groups excluding carboxylic acids is 1. The van der Waals surface area contributed by atoms with Gasteiger partial charge in [0.25, 0.3) is 5.91 Å². The molecule has 1 aromatic carbocycles. The molecule has 2 aromatic rings. The summed E-state index contributed by atoms with van der Waals surface area (Å²) >= 11 is 0. The van der Waals surface area contributed by atoms with Crippen LogP contribution in [-0.2, 0) is 10.0 Å². The van der Waals surface area contributed by atoms with Crippen LogP contribution in [0.1, 0.15) is 49.1 Å². The standard InChI is InChI=1S/C19H24N2O4S/c22-19(20-9-5-6-10-20)18-14-15-13-16(7-8-17(15)25-18)26(23,24)21-11-3-1-2-4-12-21/h7-8,13-14H,1-6,9-12H2. The maximum Gasteiger partial charge on any atom is 0.289 e. The molecule has 2 aliphatic rings. The number of furan rings is 1. The third-order valence-electron chi connectivity index (χ3n) is 5.29. The van der Waals surface area contributed by atoms with Gasteiger partial charge in [0, 0.05) is 31.6 Å². The topological polar surface area (TPSA) is 70.8 Å². The second kappa shape index (κ2) is 7.04. The Kier molecular flexibility index (Phi) is 4.75. The maximum atomic E-state index is 13.0. The Balaban J connectivity index is 1.63. The molecule has 0 atom stereocenters. The van der Waals surface area contributed by atoms with Gasteiger partial charge >= 0.3 is 0 Å². The van der Waals surface area contributed by atoms with Crippen molar-refractivity contribution >= 4 is 26.9 Å². The van der Waals surface area contributed by atoms with Gasteiger partial charge < -0.3 is 9.32 Å². The number of fused-ring (bicyclic) bond motifs is 1. The number of benzene rings is 1. The molecule has 2 fully saturated rings. The van der Waals surface area contributed by atoms with Crippen molar-refractivity contribution < 1.29 is 17.6 Å². The third kappa shape index (κ3) is 3.25. The first kappa shape index (κ1) is 17.5. The molecule has 0 unspecified atom stereocenters. The Morgan fingerprint density at radius 1 is 0.885 bits per heavy atom. The summed E-state index contributed by atoms with van der Waals surface area (Å²) < 4.78 is 33.2. The first-order valence-corrected chi connectivity index (χ1v) is 10.8. The lowest BCUT2D eigenvalue weighted by Crippen LogP contribution is -2.31. The van der Waals surface area contributed by atoms with Crippen molar-refractivity contribution in [3.63, 3.8) is 0 Å². The summed E-state index contributed by atoms with van der Waals surface area (Å²) in [6.45, 7) is 2.66. The molecule has 26 heavy (non-hydrogen) atoms. The summed E-state index contributed by atoms with van der Waals surface area (Å²) in [5, 5.41) is 0.656. The van der Waals surface area contributed by atoms with E-state index < -0.39 is 10.0 Å². The van der Waals surface area contributed by atoms with Gasteiger partial charge in [-0.1, -0.05) is 12.8 Å². The lowest BCUT2D eigenvalue weighted by molar-refractivity contribution is 0.0763. The Labute approximate surface area is 153 Å². The zero-order valence-corrected chi connectivity index (χ0v) is 15.6. The molecule has 1 amide bonds. The predicted octanol–water partition coefficient (Wildman–Crippen LogP) is 3.23. The first-order chi connectivity index (χ1) is 12.6. The molecular formula is C19H24N2O4S. The van der Waals surface area contributed by atoms with Crippen LogP contribution in [0, 0.1) is 0 Å². The van der Waals surface area contributed by atoms with Crippen molar-refractivity contribution in [3.05, 3.63) is 30.0 Å². The summed E-state index contributed by atoms with van der Waals surface area (Å²) in [5.74, 6) is 0.168. The van der Waals surface area contributed by atoms with E-state index in [1.165, 1.54) is 0 Å². The van der Waals surface area contributed by atoms with Gasteiger partial charge in [-0.15, -0.1) is 0 Å². The minimum absolute atomic E-state index is 0.115. The number of nitrogens with zero attached hydrogens (tertiary/aromatic N) is 2. The van der Waals surface area contributed by atoms with Crippen LogP contribution >= 0.6 is 0 Å². The van der Waals surface area contributed by atoms with Crippen LogP contribution in [-0.4, -0.2) is 49.7 Å². The van der Waals surface area contributed by atoms with Crippen molar-refractivity contribution in [2.75, 3.05) is 26.2 Å². The zero-order valence-electron chi connectivity index (χ0n) is 14.8. The van der Waals surface area contributed by atoms with Crippen molar-refractivity contribution in [2.45, 2.75) is 43.4 Å². The van der Waals surface area contributed by atoms with Gasteiger partial charge in [0.05, 0.1) is 4.90 Å². The average molecular weight is 376 g/mol. The molecule has 0 bridgehead atoms. The fourth-order valence-corrected chi connectivity index (χ4v) is 5.35. The van der Waals surface area contributed by atoms with Gasteiger partial charge in [-0.3, -0.25) is 4.79 Å². The van der Waals surface area contributed by atoms with E-state index in [0.29, 0.717) is 24.1 Å². The predicted molar refractivity (Wildman–Crippen MR) is 98.6 cm³/mol. The highest BCUT2D eigenvalue weighted by molar-refractivity contribution is 7.89. The molecule has 6 nitrogen and oxygen atoms in total. The molecule has 7 heteroatoms. The van der Waals surface area contributed by atoms with Gasteiger partial charge in [0.1, 0.15) is 5.58 Å². The molecule has 0 saturated carbocycles. The highest BCUT2D eigenvalue weighted by Crippen LogP contribution is 2.27. The Bertz CT molecular complexity index is 905. The summed E-state index contributed by atoms with van der Waals surface area (Å²) in [6.07, 6.45) is 6.00. The minimum Gasteiger partial charge on any atom is -0.451 e. The summed E-state index contributed by atoms with van der Waals surface area (Å²) in [4.78, 5) is 14.5. The molecule has 4 rings (SSSR count). The number of hydrogen-bond donors (Lipinski definition) is 0. The van der Waals surface area contributed by atoms with E-state index in [2.05, 4.69) is 0 Å². The number of sulfonamides is 1. The van der Waals surface area contributed by atoms with E-state index in [9.17, 15) is 13.2 Å². The number of amides is 1. The lowest BCUT2D eigenvalue weighted by atomic mass is 10.2. The Morgan fingerprint density at radius 3 is 2.23 bits per heavy atom. The van der Waals surface area contributed by atoms with Crippen molar-refractivity contribution in [2.24, 2.45) is 0 Å². The van der Waals surface area contributed by atoms with Gasteiger partial charge in [0.15, 0.2) is 5.76 Å². The fourth-order valence-electron chi connectivity index (χ4n) is 3.79. The largest absolute Gasteiger partial charge is 0.451 e. The van der Waals surface area contributed by atoms with E-state index in [4.69, 9.17) is 4.42 Å². The third-order valence-corrected chi connectivity index (χ3v) is 7.19. The Hall–Kier alpha value is -1.86. The molecule has 2 aliphatic heterocycles. The van der Waals surface area contributed by atoms with Crippen LogP contribution in [0.15, 0.2) is 33.6 Å². The van der Waals surface area contributed by atoms with Crippen LogP contribution in [0.25, 0.3) is 11.0 Å². The highest BCUT2D eigenvalue weighted by atomic mass is 32.2. The molecule has 0 spiro atoms. The molecule has 3 heterocycles. The van der Waals surface area contributed by atoms with Gasteiger partial charge in [-0.2, -0.15) is 4.31 Å². The summed E-state index contributed by atoms with van der Waals surface area (Å²) in [7, 11) is -3.51. The molecule has 0 N–H and O–H groups in total. The Morgan fingerprint density at radius 2 is 1.54 bits per heavy atom. The van der Waals surface area contributed by atoms with E-state index in [1.54, 1.807) is 33.5 Å². The van der Waals surface area contributed by atoms with E-state index in [1.807, 2.05) is 0 Å². The number of hydrogen-bond acceptors (Lipinski definition) is 4. The number of rotatable bonds is 3. The lowest BCUT2D eigenvalue weighted by Gasteiger charge is -2.19. The highest BCUT2D eigenvalue weighted by Gasteiger charge is 2.27. The van der Waals surface area contributed by atoms with Crippen LogP contribution in [0.5, 0.6) is 0 Å². The van der Waals surface area contributed by atoms with E-state index in [0.717, 1.165) is 51.6 Å².